The molecule has 0 aliphatic carbocycles. The first-order chi connectivity index (χ1) is 17.7. The minimum Gasteiger partial charge on any atom is -0.491 e. The van der Waals surface area contributed by atoms with Crippen LogP contribution in [-0.4, -0.2) is 45.5 Å². The van der Waals surface area contributed by atoms with Gasteiger partial charge in [-0.1, -0.05) is 25.2 Å². The number of anilines is 2. The average Bonchev–Trinajstić information content (AvgIpc) is 3.08. The van der Waals surface area contributed by atoms with Gasteiger partial charge in [0, 0.05) is 41.7 Å². The van der Waals surface area contributed by atoms with Crippen molar-refractivity contribution in [3.63, 3.8) is 0 Å². The van der Waals surface area contributed by atoms with E-state index in [0.29, 0.717) is 31.4 Å². The molecule has 4 heterocycles. The van der Waals surface area contributed by atoms with Gasteiger partial charge in [0.15, 0.2) is 5.13 Å². The van der Waals surface area contributed by atoms with E-state index in [-0.39, 0.29) is 17.6 Å². The highest BCUT2D eigenvalue weighted by Gasteiger charge is 2.26. The summed E-state index contributed by atoms with van der Waals surface area (Å²) in [6, 6.07) is 6.29. The van der Waals surface area contributed by atoms with Crippen LogP contribution in [0, 0.1) is 13.8 Å². The minimum atomic E-state index is -0.266. The molecule has 0 saturated heterocycles. The Morgan fingerprint density at radius 2 is 2.00 bits per heavy atom. The van der Waals surface area contributed by atoms with Crippen LogP contribution in [0.1, 0.15) is 59.7 Å². The molecule has 0 atom stereocenters. The van der Waals surface area contributed by atoms with E-state index in [0.717, 1.165) is 55.4 Å². The quantitative estimate of drug-likeness (QED) is 0.394. The fourth-order valence-electron chi connectivity index (χ4n) is 4.88. The number of benzene rings is 1. The fraction of sp³-hybridized carbons (Fsp3) is 0.370. The lowest BCUT2D eigenvalue weighted by molar-refractivity contribution is 0.0945. The van der Waals surface area contributed by atoms with Gasteiger partial charge in [0.25, 0.3) is 5.91 Å². The monoisotopic (exact) mass is 517 g/mol. The summed E-state index contributed by atoms with van der Waals surface area (Å²) in [5, 5.41) is 3.33. The molecule has 0 spiro atoms. The molecule has 0 radical (unpaired) electrons. The van der Waals surface area contributed by atoms with Crippen LogP contribution in [-0.2, 0) is 6.54 Å². The molecular weight excluding hydrogens is 486 g/mol. The second-order valence-corrected chi connectivity index (χ2v) is 10.5. The molecular formula is C27H31N7O2S. The number of amides is 1. The molecule has 3 N–H and O–H groups in total. The van der Waals surface area contributed by atoms with Crippen LogP contribution in [0.15, 0.2) is 24.4 Å². The van der Waals surface area contributed by atoms with Crippen molar-refractivity contribution in [3.05, 3.63) is 52.6 Å². The number of ether oxygens (including phenoxy) is 1. The molecule has 0 fully saturated rings. The molecule has 0 unspecified atom stereocenters. The van der Waals surface area contributed by atoms with E-state index >= 15 is 0 Å². The number of carbonyl (C=O) groups excluding carboxylic acids is 1. The van der Waals surface area contributed by atoms with Crippen LogP contribution < -0.4 is 20.7 Å². The van der Waals surface area contributed by atoms with Crippen LogP contribution >= 0.6 is 11.3 Å². The van der Waals surface area contributed by atoms with Gasteiger partial charge in [0.1, 0.15) is 28.5 Å². The van der Waals surface area contributed by atoms with Crippen LogP contribution in [0.25, 0.3) is 21.5 Å². The molecule has 192 valence electrons. The number of pyridine rings is 1. The van der Waals surface area contributed by atoms with Gasteiger partial charge < -0.3 is 20.7 Å². The standard InChI is InChI=1S/C27H31N7O2S/c1-6-29-25(35)23-31-16(5)21(14(2)3)24(33-23)34-7-8-36-22-15(4)9-17(10-19(22)13-34)18-11-20-26(30-12-18)37-27(28)32-20/h9-12,14H,6-8,13H2,1-5H3,(H2,28,32)(H,29,35). The van der Waals surface area contributed by atoms with E-state index < -0.39 is 0 Å². The third-order valence-corrected chi connectivity index (χ3v) is 7.26. The molecule has 0 saturated carbocycles. The summed E-state index contributed by atoms with van der Waals surface area (Å²) in [5.74, 6) is 1.79. The third kappa shape index (κ3) is 4.81. The molecule has 0 bridgehead atoms. The molecule has 1 amide bonds. The van der Waals surface area contributed by atoms with Crippen molar-refractivity contribution < 1.29 is 9.53 Å². The van der Waals surface area contributed by atoms with Crippen molar-refractivity contribution in [1.82, 2.24) is 25.3 Å². The number of hydrogen-bond donors (Lipinski definition) is 2. The maximum absolute atomic E-state index is 12.6. The van der Waals surface area contributed by atoms with Crippen molar-refractivity contribution in [2.75, 3.05) is 30.3 Å². The van der Waals surface area contributed by atoms with E-state index in [2.05, 4.69) is 58.1 Å². The maximum Gasteiger partial charge on any atom is 0.289 e. The number of rotatable bonds is 5. The van der Waals surface area contributed by atoms with Crippen molar-refractivity contribution in [1.29, 1.82) is 0 Å². The second kappa shape index (κ2) is 9.93. The maximum atomic E-state index is 12.6. The summed E-state index contributed by atoms with van der Waals surface area (Å²) in [5.41, 5.74) is 12.6. The third-order valence-electron chi connectivity index (χ3n) is 6.45. The number of carbonyl (C=O) groups is 1. The van der Waals surface area contributed by atoms with E-state index in [9.17, 15) is 4.79 Å². The number of hydrogen-bond acceptors (Lipinski definition) is 9. The van der Waals surface area contributed by atoms with Crippen molar-refractivity contribution in [2.24, 2.45) is 0 Å². The Labute approximate surface area is 220 Å². The fourth-order valence-corrected chi connectivity index (χ4v) is 5.54. The lowest BCUT2D eigenvalue weighted by Crippen LogP contribution is -2.31. The topological polar surface area (TPSA) is 119 Å². The van der Waals surface area contributed by atoms with E-state index in [4.69, 9.17) is 15.5 Å². The number of aromatic nitrogens is 4. The normalized spacial score (nSPS) is 13.4. The minimum absolute atomic E-state index is 0.191. The molecule has 3 aromatic heterocycles. The SMILES string of the molecule is CCNC(=O)c1nc(C)c(C(C)C)c(N2CCOc3c(C)cc(-c4cnc5sc(N)nc5c4)cc3C2)n1. The summed E-state index contributed by atoms with van der Waals surface area (Å²) < 4.78 is 6.24. The average molecular weight is 518 g/mol. The summed E-state index contributed by atoms with van der Waals surface area (Å²) in [6.07, 6.45) is 1.86. The summed E-state index contributed by atoms with van der Waals surface area (Å²) in [6.45, 7) is 12.4. The number of nitrogen functional groups attached to an aromatic ring is 1. The summed E-state index contributed by atoms with van der Waals surface area (Å²) in [7, 11) is 0. The largest absolute Gasteiger partial charge is 0.491 e. The Morgan fingerprint density at radius 1 is 1.19 bits per heavy atom. The predicted octanol–water partition coefficient (Wildman–Crippen LogP) is 4.62. The zero-order valence-corrected chi connectivity index (χ0v) is 22.6. The number of nitrogens with two attached hydrogens (primary N) is 1. The highest BCUT2D eigenvalue weighted by atomic mass is 32.1. The van der Waals surface area contributed by atoms with Gasteiger partial charge in [-0.05, 0) is 56.0 Å². The van der Waals surface area contributed by atoms with E-state index in [1.165, 1.54) is 11.3 Å². The lowest BCUT2D eigenvalue weighted by Gasteiger charge is -2.26. The number of nitrogens with zero attached hydrogens (tertiary/aromatic N) is 5. The van der Waals surface area contributed by atoms with Gasteiger partial charge in [-0.2, -0.15) is 0 Å². The Balaban J connectivity index is 1.57. The molecule has 1 aromatic carbocycles. The lowest BCUT2D eigenvalue weighted by atomic mass is 9.99. The highest BCUT2D eigenvalue weighted by molar-refractivity contribution is 7.21. The van der Waals surface area contributed by atoms with Crippen LogP contribution in [0.5, 0.6) is 5.75 Å². The van der Waals surface area contributed by atoms with Gasteiger partial charge in [-0.15, -0.1) is 0 Å². The predicted molar refractivity (Wildman–Crippen MR) is 147 cm³/mol. The Kier molecular flexibility index (Phi) is 6.68. The van der Waals surface area contributed by atoms with Gasteiger partial charge in [0.05, 0.1) is 6.54 Å². The van der Waals surface area contributed by atoms with Crippen LogP contribution in [0.4, 0.5) is 10.9 Å². The first-order valence-corrected chi connectivity index (χ1v) is 13.3. The van der Waals surface area contributed by atoms with Crippen molar-refractivity contribution >= 4 is 38.5 Å². The number of nitrogens with one attached hydrogen (secondary N) is 1. The molecule has 1 aliphatic heterocycles. The zero-order chi connectivity index (χ0) is 26.3. The molecule has 37 heavy (non-hydrogen) atoms. The van der Waals surface area contributed by atoms with Crippen molar-refractivity contribution in [3.8, 4) is 16.9 Å². The number of thiazole rings is 1. The molecule has 9 nitrogen and oxygen atoms in total. The summed E-state index contributed by atoms with van der Waals surface area (Å²) >= 11 is 1.38. The first-order valence-electron chi connectivity index (χ1n) is 12.5. The van der Waals surface area contributed by atoms with Gasteiger partial charge in [-0.3, -0.25) is 4.79 Å². The summed E-state index contributed by atoms with van der Waals surface area (Å²) in [4.78, 5) is 33.9. The van der Waals surface area contributed by atoms with E-state index in [1.807, 2.05) is 26.1 Å². The smallest absolute Gasteiger partial charge is 0.289 e. The molecule has 4 aromatic rings. The Hall–Kier alpha value is -3.79. The number of fused-ring (bicyclic) bond motifs is 2. The highest BCUT2D eigenvalue weighted by Crippen LogP contribution is 2.36. The molecule has 10 heteroatoms. The van der Waals surface area contributed by atoms with Gasteiger partial charge in [0.2, 0.25) is 5.82 Å². The van der Waals surface area contributed by atoms with Gasteiger partial charge >= 0.3 is 0 Å². The second-order valence-electron chi connectivity index (χ2n) is 9.54. The van der Waals surface area contributed by atoms with Crippen molar-refractivity contribution in [2.45, 2.75) is 47.1 Å². The first kappa shape index (κ1) is 24.9. The Bertz CT molecular complexity index is 1500. The van der Waals surface area contributed by atoms with E-state index in [1.54, 1.807) is 0 Å². The zero-order valence-electron chi connectivity index (χ0n) is 21.8. The van der Waals surface area contributed by atoms with Gasteiger partial charge in [-0.25, -0.2) is 19.9 Å². The molecule has 1 aliphatic rings. The van der Waals surface area contributed by atoms with Crippen LogP contribution in [0.3, 0.4) is 0 Å². The molecule has 5 rings (SSSR count). The Morgan fingerprint density at radius 3 is 2.76 bits per heavy atom. The number of aryl methyl sites for hydroxylation is 2. The van der Waals surface area contributed by atoms with Crippen LogP contribution in [0.2, 0.25) is 0 Å².